The zero-order valence-electron chi connectivity index (χ0n) is 11.7. The molecule has 1 aromatic carbocycles. The number of carbonyl (C=O) groups is 2. The number of benzene rings is 1. The van der Waals surface area contributed by atoms with E-state index in [-0.39, 0.29) is 43.4 Å². The van der Waals surface area contributed by atoms with Crippen LogP contribution in [0, 0.1) is 0 Å². The molecule has 0 fully saturated rings. The molecule has 0 unspecified atom stereocenters. The maximum absolute atomic E-state index is 10.7. The Kier molecular flexibility index (Phi) is 7.19. The van der Waals surface area contributed by atoms with E-state index >= 15 is 0 Å². The molecule has 21 heavy (non-hydrogen) atoms. The Balaban J connectivity index is 0.00000200. The molecule has 0 saturated heterocycles. The summed E-state index contributed by atoms with van der Waals surface area (Å²) in [4.78, 5) is 25.5. The first-order valence-electron chi connectivity index (χ1n) is 5.43. The van der Waals surface area contributed by atoms with Gasteiger partial charge >= 0.3 is 37.7 Å². The van der Waals surface area contributed by atoms with Crippen molar-refractivity contribution >= 4 is 22.8 Å². The first kappa shape index (κ1) is 19.7. The summed E-state index contributed by atoms with van der Waals surface area (Å²) in [5.41, 5.74) is -2.40. The molecule has 1 heterocycles. The van der Waals surface area contributed by atoms with Crippen molar-refractivity contribution in [1.29, 1.82) is 0 Å². The van der Waals surface area contributed by atoms with Gasteiger partial charge in [0.1, 0.15) is 5.60 Å². The third kappa shape index (κ3) is 4.10. The summed E-state index contributed by atoms with van der Waals surface area (Å²) in [6, 6.07) is 10.1. The van der Waals surface area contributed by atoms with Crippen molar-refractivity contribution < 1.29 is 62.6 Å². The van der Waals surface area contributed by atoms with Crippen molar-refractivity contribution in [3.8, 4) is 0 Å². The summed E-state index contributed by atoms with van der Waals surface area (Å²) in [6.45, 7) is 0. The fraction of sp³-hybridized carbons (Fsp3) is 0.154. The molecule has 1 N–H and O–H groups in total. The van der Waals surface area contributed by atoms with E-state index in [1.165, 1.54) is 6.07 Å². The normalized spacial score (nSPS) is 10.3. The average Bonchev–Trinajstić information content (AvgIpc) is 2.38. The molecule has 0 radical (unpaired) electrons. The number of hydrogen-bond acceptors (Lipinski definition) is 6. The Morgan fingerprint density at radius 3 is 2.19 bits per heavy atom. The number of carboxylic acids is 2. The summed E-state index contributed by atoms with van der Waals surface area (Å²) in [6.07, 6.45) is -0.720. The van der Waals surface area contributed by atoms with Crippen molar-refractivity contribution in [3.05, 3.63) is 42.1 Å². The Morgan fingerprint density at radius 1 is 1.05 bits per heavy atom. The van der Waals surface area contributed by atoms with E-state index in [0.29, 0.717) is 5.52 Å². The summed E-state index contributed by atoms with van der Waals surface area (Å²) in [5.74, 6) is -4.25. The molecule has 0 aliphatic rings. The van der Waals surface area contributed by atoms with Gasteiger partial charge in [-0.05, 0) is 12.1 Å². The number of carbonyl (C=O) groups excluding carboxylic acids is 2. The molecule has 2 aromatic rings. The second kappa shape index (κ2) is 7.65. The number of aliphatic hydroxyl groups is 1. The Morgan fingerprint density at radius 2 is 1.62 bits per heavy atom. The maximum atomic E-state index is 10.7. The monoisotopic (exact) mass is 273 g/mol. The van der Waals surface area contributed by atoms with E-state index in [9.17, 15) is 24.9 Å². The molecule has 0 saturated carbocycles. The Hall–Kier alpha value is -1.28. The van der Waals surface area contributed by atoms with Crippen LogP contribution in [0.2, 0.25) is 0 Å². The van der Waals surface area contributed by atoms with Gasteiger partial charge in [-0.15, -0.1) is 0 Å². The van der Waals surface area contributed by atoms with E-state index in [2.05, 4.69) is 4.98 Å². The van der Waals surface area contributed by atoms with E-state index in [1.54, 1.807) is 24.3 Å². The minimum Gasteiger partial charge on any atom is -0.547 e. The molecule has 1 aromatic heterocycles. The van der Waals surface area contributed by atoms with Gasteiger partial charge in [0.25, 0.3) is 0 Å². The molecule has 98 valence electrons. The van der Waals surface area contributed by atoms with E-state index in [0.717, 1.165) is 5.39 Å². The van der Waals surface area contributed by atoms with Crippen molar-refractivity contribution in [1.82, 2.24) is 4.98 Å². The van der Waals surface area contributed by atoms with Crippen molar-refractivity contribution in [2.45, 2.75) is 12.0 Å². The minimum atomic E-state index is -3.09. The number of para-hydroxylation sites is 1. The number of hydrogen-bond donors (Lipinski definition) is 1. The molecule has 0 aliphatic heterocycles. The van der Waals surface area contributed by atoms with Crippen LogP contribution in [0.25, 0.3) is 10.9 Å². The zero-order chi connectivity index (χ0) is 14.0. The van der Waals surface area contributed by atoms with Crippen LogP contribution in [0.15, 0.2) is 36.4 Å². The van der Waals surface area contributed by atoms with Gasteiger partial charge in [0, 0.05) is 17.5 Å². The van der Waals surface area contributed by atoms with Gasteiger partial charge in [0.05, 0.1) is 17.5 Å². The van der Waals surface area contributed by atoms with Crippen LogP contribution in [0.4, 0.5) is 0 Å². The van der Waals surface area contributed by atoms with Gasteiger partial charge in [-0.25, -0.2) is 0 Å². The van der Waals surface area contributed by atoms with Crippen molar-refractivity contribution in [2.75, 3.05) is 0 Å². The van der Waals surface area contributed by atoms with Crippen LogP contribution in [0.1, 0.15) is 5.69 Å². The Bertz CT molecular complexity index is 648. The predicted octanol–water partition coefficient (Wildman–Crippen LogP) is -7.98. The number of nitrogens with zero attached hydrogens (tertiary/aromatic N) is 1. The average molecular weight is 273 g/mol. The molecule has 0 atom stereocenters. The van der Waals surface area contributed by atoms with Gasteiger partial charge in [-0.2, -0.15) is 0 Å². The van der Waals surface area contributed by atoms with E-state index in [4.69, 9.17) is 0 Å². The number of aliphatic carboxylic acids is 2. The third-order valence-electron chi connectivity index (χ3n) is 2.77. The van der Waals surface area contributed by atoms with Crippen LogP contribution in [-0.4, -0.2) is 27.6 Å². The molecular formula is C13H9Li2NO5. The quantitative estimate of drug-likeness (QED) is 0.437. The summed E-state index contributed by atoms with van der Waals surface area (Å²) in [5, 5.41) is 31.8. The number of rotatable bonds is 4. The first-order valence-corrected chi connectivity index (χ1v) is 5.43. The zero-order valence-corrected chi connectivity index (χ0v) is 11.7. The third-order valence-corrected chi connectivity index (χ3v) is 2.77. The van der Waals surface area contributed by atoms with Gasteiger partial charge < -0.3 is 24.9 Å². The molecule has 0 bridgehead atoms. The number of aromatic nitrogens is 1. The molecule has 6 nitrogen and oxygen atoms in total. The van der Waals surface area contributed by atoms with Crippen LogP contribution in [-0.2, 0) is 16.0 Å². The topological polar surface area (TPSA) is 113 Å². The largest absolute Gasteiger partial charge is 1.00 e. The Labute approximate surface area is 144 Å². The van der Waals surface area contributed by atoms with Crippen LogP contribution in [0.3, 0.4) is 0 Å². The predicted molar refractivity (Wildman–Crippen MR) is 60.4 cm³/mol. The fourth-order valence-electron chi connectivity index (χ4n) is 1.70. The van der Waals surface area contributed by atoms with E-state index in [1.807, 2.05) is 6.07 Å². The van der Waals surface area contributed by atoms with Crippen molar-refractivity contribution in [3.63, 3.8) is 0 Å². The summed E-state index contributed by atoms with van der Waals surface area (Å²) in [7, 11) is 0. The molecule has 0 spiro atoms. The number of carboxylic acid groups (broad SMARTS) is 2. The second-order valence-electron chi connectivity index (χ2n) is 4.11. The minimum absolute atomic E-state index is 0. The second-order valence-corrected chi connectivity index (χ2v) is 4.11. The number of fused-ring (bicyclic) bond motifs is 1. The van der Waals surface area contributed by atoms with Crippen LogP contribution < -0.4 is 47.9 Å². The van der Waals surface area contributed by atoms with Gasteiger partial charge in [-0.1, -0.05) is 24.3 Å². The van der Waals surface area contributed by atoms with Gasteiger partial charge in [0.15, 0.2) is 0 Å². The molecule has 0 aliphatic carbocycles. The number of pyridine rings is 1. The smallest absolute Gasteiger partial charge is 0.547 e. The fourth-order valence-corrected chi connectivity index (χ4v) is 1.70. The van der Waals surface area contributed by atoms with Gasteiger partial charge in [0.2, 0.25) is 0 Å². The molecule has 8 heteroatoms. The SMILES string of the molecule is O=C([O-])C(O)(Cc1ccc2ccccc2n1)C(=O)[O-].[Li+].[Li+]. The molecule has 2 rings (SSSR count). The van der Waals surface area contributed by atoms with Crippen LogP contribution >= 0.6 is 0 Å². The van der Waals surface area contributed by atoms with E-state index < -0.39 is 24.0 Å². The standard InChI is InChI=1S/C13H11NO5.2Li/c15-11(16)13(19,12(17)18)7-9-6-5-8-3-1-2-4-10(8)14-9;;/h1-6,19H,7H2,(H,15,16)(H,17,18);;/q;2*+1/p-2. The van der Waals surface area contributed by atoms with Gasteiger partial charge in [-0.3, -0.25) is 4.98 Å². The molecular weight excluding hydrogens is 264 g/mol. The first-order chi connectivity index (χ1) is 8.93. The molecule has 0 amide bonds. The van der Waals surface area contributed by atoms with Crippen molar-refractivity contribution in [2.24, 2.45) is 0 Å². The maximum Gasteiger partial charge on any atom is 1.00 e. The summed E-state index contributed by atoms with van der Waals surface area (Å²) >= 11 is 0. The van der Waals surface area contributed by atoms with Crippen LogP contribution in [0.5, 0.6) is 0 Å². The summed E-state index contributed by atoms with van der Waals surface area (Å²) < 4.78 is 0.